The second kappa shape index (κ2) is 7.29. The second-order valence-corrected chi connectivity index (χ2v) is 6.32. The van der Waals surface area contributed by atoms with Crippen LogP contribution in [0.1, 0.15) is 44.6 Å². The summed E-state index contributed by atoms with van der Waals surface area (Å²) in [4.78, 5) is 22.8. The first-order valence-electron chi connectivity index (χ1n) is 8.53. The molecule has 0 bridgehead atoms. The van der Waals surface area contributed by atoms with Crippen LogP contribution in [-0.4, -0.2) is 32.8 Å². The number of halogens is 2. The third kappa shape index (κ3) is 4.21. The summed E-state index contributed by atoms with van der Waals surface area (Å²) in [6.07, 6.45) is 7.60. The molecule has 2 aromatic heterocycles. The molecular formula is C18H21F2N3O2. The number of carbonyl (C=O) groups excluding carboxylic acids is 1. The van der Waals surface area contributed by atoms with Crippen LogP contribution in [0.3, 0.4) is 0 Å². The minimum atomic E-state index is -2.59. The van der Waals surface area contributed by atoms with E-state index in [4.69, 9.17) is 4.74 Å². The van der Waals surface area contributed by atoms with Crippen molar-refractivity contribution in [1.82, 2.24) is 15.0 Å². The fourth-order valence-electron chi connectivity index (χ4n) is 2.97. The molecule has 0 atom stereocenters. The number of hydrogen-bond donors (Lipinski definition) is 1. The van der Waals surface area contributed by atoms with E-state index in [0.29, 0.717) is 37.2 Å². The molecule has 1 saturated carbocycles. The standard InChI is InChI=1S/C18H21F2N3O2/c1-2-13(24)5-3-4-12-10-21-16-15(12)17(23-11-22-16)25-14-6-8-18(19,20)9-7-14/h3,5,10-11,14H,2,4,6-9H2,1H3,(H,21,22,23). The smallest absolute Gasteiger partial charge is 0.248 e. The summed E-state index contributed by atoms with van der Waals surface area (Å²) in [6.45, 7) is 1.81. The Morgan fingerprint density at radius 2 is 2.16 bits per heavy atom. The molecule has 0 radical (unpaired) electrons. The summed E-state index contributed by atoms with van der Waals surface area (Å²) < 4.78 is 32.5. The van der Waals surface area contributed by atoms with Crippen molar-refractivity contribution < 1.29 is 18.3 Å². The lowest BCUT2D eigenvalue weighted by molar-refractivity contribution is -0.114. The van der Waals surface area contributed by atoms with Gasteiger partial charge in [-0.05, 0) is 30.9 Å². The van der Waals surface area contributed by atoms with Gasteiger partial charge < -0.3 is 9.72 Å². The lowest BCUT2D eigenvalue weighted by Gasteiger charge is -2.28. The van der Waals surface area contributed by atoms with Crippen LogP contribution in [0.15, 0.2) is 24.7 Å². The molecule has 3 rings (SSSR count). The SMILES string of the molecule is CCC(=O)C=CCc1c[nH]c2ncnc(OC3CCC(F)(F)CC3)c12. The quantitative estimate of drug-likeness (QED) is 0.801. The molecule has 0 amide bonds. The van der Waals surface area contributed by atoms with Gasteiger partial charge in [0.25, 0.3) is 0 Å². The highest BCUT2D eigenvalue weighted by Gasteiger charge is 2.36. The van der Waals surface area contributed by atoms with Crippen molar-refractivity contribution in [2.45, 2.75) is 57.5 Å². The molecule has 0 aliphatic heterocycles. The maximum absolute atomic E-state index is 13.3. The van der Waals surface area contributed by atoms with Crippen LogP contribution in [0.2, 0.25) is 0 Å². The molecular weight excluding hydrogens is 328 g/mol. The van der Waals surface area contributed by atoms with Crippen molar-refractivity contribution >= 4 is 16.8 Å². The number of hydrogen-bond acceptors (Lipinski definition) is 4. The van der Waals surface area contributed by atoms with Gasteiger partial charge in [-0.2, -0.15) is 0 Å². The predicted octanol–water partition coefficient (Wildman–Crippen LogP) is 3.99. The summed E-state index contributed by atoms with van der Waals surface area (Å²) in [7, 11) is 0. The van der Waals surface area contributed by atoms with Crippen LogP contribution in [0.5, 0.6) is 5.88 Å². The van der Waals surface area contributed by atoms with Gasteiger partial charge in [0, 0.05) is 25.5 Å². The Morgan fingerprint density at radius 3 is 2.88 bits per heavy atom. The first-order valence-corrected chi connectivity index (χ1v) is 8.53. The predicted molar refractivity (Wildman–Crippen MR) is 89.9 cm³/mol. The molecule has 1 aliphatic carbocycles. The maximum Gasteiger partial charge on any atom is 0.248 e. The van der Waals surface area contributed by atoms with Crippen molar-refractivity contribution in [2.75, 3.05) is 0 Å². The van der Waals surface area contributed by atoms with Gasteiger partial charge in [0.2, 0.25) is 11.8 Å². The number of aromatic amines is 1. The average Bonchev–Trinajstić information content (AvgIpc) is 3.01. The van der Waals surface area contributed by atoms with Gasteiger partial charge in [-0.15, -0.1) is 0 Å². The van der Waals surface area contributed by atoms with Crippen LogP contribution in [0, 0.1) is 0 Å². The van der Waals surface area contributed by atoms with E-state index in [9.17, 15) is 13.6 Å². The van der Waals surface area contributed by atoms with Crippen LogP contribution < -0.4 is 4.74 Å². The maximum atomic E-state index is 13.3. The molecule has 25 heavy (non-hydrogen) atoms. The number of H-pyrrole nitrogens is 1. The number of nitrogens with one attached hydrogen (secondary N) is 1. The van der Waals surface area contributed by atoms with Crippen LogP contribution in [-0.2, 0) is 11.2 Å². The van der Waals surface area contributed by atoms with Crippen molar-refractivity contribution in [3.63, 3.8) is 0 Å². The fraction of sp³-hybridized carbons (Fsp3) is 0.500. The fourth-order valence-corrected chi connectivity index (χ4v) is 2.97. The van der Waals surface area contributed by atoms with Crippen molar-refractivity contribution in [2.24, 2.45) is 0 Å². The van der Waals surface area contributed by atoms with E-state index in [1.165, 1.54) is 6.33 Å². The van der Waals surface area contributed by atoms with Crippen molar-refractivity contribution in [1.29, 1.82) is 0 Å². The molecule has 0 aromatic carbocycles. The van der Waals surface area contributed by atoms with Gasteiger partial charge in [0.1, 0.15) is 18.1 Å². The highest BCUT2D eigenvalue weighted by molar-refractivity contribution is 5.89. The van der Waals surface area contributed by atoms with E-state index in [0.717, 1.165) is 10.9 Å². The van der Waals surface area contributed by atoms with Crippen molar-refractivity contribution in [3.05, 3.63) is 30.2 Å². The van der Waals surface area contributed by atoms with Gasteiger partial charge >= 0.3 is 0 Å². The Balaban J connectivity index is 1.78. The molecule has 5 nitrogen and oxygen atoms in total. The molecule has 1 N–H and O–H groups in total. The zero-order valence-electron chi connectivity index (χ0n) is 14.1. The first-order chi connectivity index (χ1) is 12.0. The summed E-state index contributed by atoms with van der Waals surface area (Å²) >= 11 is 0. The van der Waals surface area contributed by atoms with Gasteiger partial charge in [-0.1, -0.05) is 13.0 Å². The molecule has 1 fully saturated rings. The summed E-state index contributed by atoms with van der Waals surface area (Å²) in [5.41, 5.74) is 1.54. The number of rotatable bonds is 6. The Kier molecular flexibility index (Phi) is 5.11. The molecule has 0 unspecified atom stereocenters. The van der Waals surface area contributed by atoms with Gasteiger partial charge in [0.15, 0.2) is 5.78 Å². The third-order valence-corrected chi connectivity index (χ3v) is 4.45. The number of ether oxygens (including phenoxy) is 1. The van der Waals surface area contributed by atoms with Crippen molar-refractivity contribution in [3.8, 4) is 5.88 Å². The Hall–Kier alpha value is -2.31. The van der Waals surface area contributed by atoms with E-state index in [1.54, 1.807) is 12.2 Å². The lowest BCUT2D eigenvalue weighted by atomic mass is 9.94. The van der Waals surface area contributed by atoms with Crippen LogP contribution >= 0.6 is 0 Å². The van der Waals surface area contributed by atoms with Gasteiger partial charge in [0.05, 0.1) is 5.39 Å². The molecule has 134 valence electrons. The van der Waals surface area contributed by atoms with E-state index < -0.39 is 5.92 Å². The molecule has 1 aliphatic rings. The first kappa shape index (κ1) is 17.5. The third-order valence-electron chi connectivity index (χ3n) is 4.45. The highest BCUT2D eigenvalue weighted by Crippen LogP contribution is 2.36. The number of ketones is 1. The van der Waals surface area contributed by atoms with Gasteiger partial charge in [-0.25, -0.2) is 18.7 Å². The Bertz CT molecular complexity index is 776. The number of allylic oxidation sites excluding steroid dienone is 2. The normalized spacial score (nSPS) is 18.0. The average molecular weight is 349 g/mol. The lowest BCUT2D eigenvalue weighted by Crippen LogP contribution is -2.31. The number of aromatic nitrogens is 3. The van der Waals surface area contributed by atoms with Gasteiger partial charge in [-0.3, -0.25) is 4.79 Å². The zero-order valence-corrected chi connectivity index (χ0v) is 14.1. The Morgan fingerprint density at radius 1 is 1.40 bits per heavy atom. The van der Waals surface area contributed by atoms with Crippen LogP contribution in [0.4, 0.5) is 8.78 Å². The van der Waals surface area contributed by atoms with E-state index >= 15 is 0 Å². The number of nitrogens with zero attached hydrogens (tertiary/aromatic N) is 2. The monoisotopic (exact) mass is 349 g/mol. The largest absolute Gasteiger partial charge is 0.474 e. The molecule has 0 spiro atoms. The second-order valence-electron chi connectivity index (χ2n) is 6.32. The number of alkyl halides is 2. The summed E-state index contributed by atoms with van der Waals surface area (Å²) in [6, 6.07) is 0. The topological polar surface area (TPSA) is 67.9 Å². The Labute approximate surface area is 144 Å². The molecule has 7 heteroatoms. The molecule has 2 aromatic rings. The minimum absolute atomic E-state index is 0.0655. The number of fused-ring (bicyclic) bond motifs is 1. The number of carbonyl (C=O) groups is 1. The van der Waals surface area contributed by atoms with E-state index in [2.05, 4.69) is 15.0 Å². The highest BCUT2D eigenvalue weighted by atomic mass is 19.3. The van der Waals surface area contributed by atoms with E-state index in [1.807, 2.05) is 13.1 Å². The summed E-state index contributed by atoms with van der Waals surface area (Å²) in [5, 5.41) is 0.744. The van der Waals surface area contributed by atoms with E-state index in [-0.39, 0.29) is 24.7 Å². The minimum Gasteiger partial charge on any atom is -0.474 e. The van der Waals surface area contributed by atoms with Crippen LogP contribution in [0.25, 0.3) is 11.0 Å². The summed E-state index contributed by atoms with van der Waals surface area (Å²) in [5.74, 6) is -2.11. The molecule has 2 heterocycles. The zero-order chi connectivity index (χ0) is 17.9. The molecule has 0 saturated heterocycles.